The Morgan fingerprint density at radius 2 is 1.74 bits per heavy atom. The van der Waals surface area contributed by atoms with E-state index in [0.717, 1.165) is 45.4 Å². The van der Waals surface area contributed by atoms with Crippen molar-refractivity contribution < 1.29 is 18.7 Å². The molecule has 2 amide bonds. The summed E-state index contributed by atoms with van der Waals surface area (Å²) in [7, 11) is 1.90. The van der Waals surface area contributed by atoms with E-state index in [9.17, 15) is 9.59 Å². The zero-order valence-corrected chi connectivity index (χ0v) is 20.6. The lowest BCUT2D eigenvalue weighted by molar-refractivity contribution is -0.139. The molecule has 0 spiro atoms. The fourth-order valence-corrected chi connectivity index (χ4v) is 5.31. The van der Waals surface area contributed by atoms with Gasteiger partial charge in [-0.2, -0.15) is 0 Å². The number of ether oxygens (including phenoxy) is 1. The summed E-state index contributed by atoms with van der Waals surface area (Å²) in [6.45, 7) is 8.30. The number of amides is 2. The average molecular weight is 468 g/mol. The molecule has 0 unspecified atom stereocenters. The van der Waals surface area contributed by atoms with Gasteiger partial charge in [-0.15, -0.1) is 0 Å². The van der Waals surface area contributed by atoms with Gasteiger partial charge in [0.2, 0.25) is 5.91 Å². The van der Waals surface area contributed by atoms with Crippen LogP contribution in [-0.2, 0) is 16.0 Å². The first-order valence-electron chi connectivity index (χ1n) is 12.4. The third-order valence-electron chi connectivity index (χ3n) is 7.54. The molecule has 1 aromatic carbocycles. The van der Waals surface area contributed by atoms with Crippen LogP contribution in [0.4, 0.5) is 0 Å². The Hall–Kier alpha value is -2.64. The first kappa shape index (κ1) is 24.5. The van der Waals surface area contributed by atoms with E-state index in [4.69, 9.17) is 9.15 Å². The number of piperidine rings is 1. The second kappa shape index (κ2) is 11.2. The normalized spacial score (nSPS) is 19.6. The summed E-state index contributed by atoms with van der Waals surface area (Å²) in [5, 5.41) is 0. The minimum absolute atomic E-state index is 0.00775. The number of likely N-dealkylation sites (N-methyl/N-ethyl adjacent to an activating group) is 1. The SMILES string of the molecule is Cc1occc1C(=O)N(C)[C@@H](Cc1ccccc1)C1CCN(C(=O)[C@H](C)N2CCOCC2)CC1. The molecular weight excluding hydrogens is 430 g/mol. The largest absolute Gasteiger partial charge is 0.469 e. The van der Waals surface area contributed by atoms with Crippen molar-refractivity contribution in [2.75, 3.05) is 46.4 Å². The van der Waals surface area contributed by atoms with Gasteiger partial charge in [0, 0.05) is 39.3 Å². The lowest BCUT2D eigenvalue weighted by Crippen LogP contribution is -2.54. The molecule has 2 fully saturated rings. The van der Waals surface area contributed by atoms with Gasteiger partial charge < -0.3 is 19.0 Å². The van der Waals surface area contributed by atoms with Crippen LogP contribution in [0.25, 0.3) is 0 Å². The molecule has 0 bridgehead atoms. The van der Waals surface area contributed by atoms with Crippen molar-refractivity contribution in [1.29, 1.82) is 0 Å². The average Bonchev–Trinajstić information content (AvgIpc) is 3.32. The number of furan rings is 1. The first-order chi connectivity index (χ1) is 16.5. The molecule has 0 saturated carbocycles. The summed E-state index contributed by atoms with van der Waals surface area (Å²) >= 11 is 0. The smallest absolute Gasteiger partial charge is 0.257 e. The molecule has 2 saturated heterocycles. The Balaban J connectivity index is 1.44. The number of benzene rings is 1. The maximum absolute atomic E-state index is 13.3. The number of likely N-dealkylation sites (tertiary alicyclic amines) is 1. The van der Waals surface area contributed by atoms with Gasteiger partial charge in [-0.1, -0.05) is 30.3 Å². The number of hydrogen-bond acceptors (Lipinski definition) is 5. The molecule has 0 N–H and O–H groups in total. The van der Waals surface area contributed by atoms with Gasteiger partial charge in [-0.25, -0.2) is 0 Å². The van der Waals surface area contributed by atoms with Crippen molar-refractivity contribution in [3.63, 3.8) is 0 Å². The molecular formula is C27H37N3O4. The van der Waals surface area contributed by atoms with Crippen molar-refractivity contribution in [3.8, 4) is 0 Å². The fraction of sp³-hybridized carbons (Fsp3) is 0.556. The van der Waals surface area contributed by atoms with E-state index in [1.54, 1.807) is 12.3 Å². The summed E-state index contributed by atoms with van der Waals surface area (Å²) in [5.74, 6) is 1.17. The Morgan fingerprint density at radius 1 is 1.06 bits per heavy atom. The predicted octanol–water partition coefficient (Wildman–Crippen LogP) is 3.23. The second-order valence-corrected chi connectivity index (χ2v) is 9.55. The highest BCUT2D eigenvalue weighted by Crippen LogP contribution is 2.28. The van der Waals surface area contributed by atoms with Crippen LogP contribution in [0.3, 0.4) is 0 Å². The van der Waals surface area contributed by atoms with E-state index >= 15 is 0 Å². The molecule has 2 aromatic rings. The molecule has 4 rings (SSSR count). The standard InChI is InChI=1S/C27H37N3O4/c1-20(29-14-17-33-18-15-29)26(31)30-12-9-23(10-13-30)25(19-22-7-5-4-6-8-22)28(3)27(32)24-11-16-34-21(24)2/h4-8,11,16,20,23,25H,9-10,12-15,17-19H2,1-3H3/t20-,25-/m0/s1. The van der Waals surface area contributed by atoms with Crippen LogP contribution in [-0.4, -0.2) is 85.0 Å². The molecule has 0 aliphatic carbocycles. The lowest BCUT2D eigenvalue weighted by Gasteiger charge is -2.42. The number of morpholine rings is 1. The van der Waals surface area contributed by atoms with Crippen molar-refractivity contribution in [1.82, 2.24) is 14.7 Å². The summed E-state index contributed by atoms with van der Waals surface area (Å²) < 4.78 is 10.8. The van der Waals surface area contributed by atoms with E-state index in [2.05, 4.69) is 17.0 Å². The zero-order chi connectivity index (χ0) is 24.1. The van der Waals surface area contributed by atoms with Crippen LogP contribution in [0, 0.1) is 12.8 Å². The van der Waals surface area contributed by atoms with Gasteiger partial charge in [-0.05, 0) is 50.7 Å². The maximum Gasteiger partial charge on any atom is 0.257 e. The summed E-state index contributed by atoms with van der Waals surface area (Å²) in [6, 6.07) is 12.0. The van der Waals surface area contributed by atoms with Gasteiger partial charge in [0.25, 0.3) is 5.91 Å². The van der Waals surface area contributed by atoms with E-state index in [1.807, 2.05) is 48.9 Å². The molecule has 7 nitrogen and oxygen atoms in total. The number of hydrogen-bond donors (Lipinski definition) is 0. The van der Waals surface area contributed by atoms with Crippen LogP contribution in [0.2, 0.25) is 0 Å². The summed E-state index contributed by atoms with van der Waals surface area (Å²) in [4.78, 5) is 32.6. The molecule has 1 aromatic heterocycles. The number of rotatable bonds is 7. The Morgan fingerprint density at radius 3 is 2.35 bits per heavy atom. The van der Waals surface area contributed by atoms with Gasteiger partial charge in [-0.3, -0.25) is 14.5 Å². The monoisotopic (exact) mass is 467 g/mol. The number of nitrogens with zero attached hydrogens (tertiary/aromatic N) is 3. The molecule has 0 radical (unpaired) electrons. The number of aryl methyl sites for hydroxylation is 1. The van der Waals surface area contributed by atoms with Crippen LogP contribution in [0.1, 0.15) is 41.4 Å². The number of carbonyl (C=O) groups is 2. The third-order valence-corrected chi connectivity index (χ3v) is 7.54. The molecule has 34 heavy (non-hydrogen) atoms. The minimum Gasteiger partial charge on any atom is -0.469 e. The van der Waals surface area contributed by atoms with Crippen molar-refractivity contribution in [3.05, 3.63) is 59.5 Å². The number of carbonyl (C=O) groups excluding carboxylic acids is 2. The van der Waals surface area contributed by atoms with Gasteiger partial charge in [0.05, 0.1) is 31.1 Å². The van der Waals surface area contributed by atoms with Crippen LogP contribution >= 0.6 is 0 Å². The highest BCUT2D eigenvalue weighted by atomic mass is 16.5. The first-order valence-corrected chi connectivity index (χ1v) is 12.4. The third kappa shape index (κ3) is 5.53. The van der Waals surface area contributed by atoms with E-state index in [1.165, 1.54) is 5.56 Å². The maximum atomic E-state index is 13.3. The molecule has 184 valence electrons. The lowest BCUT2D eigenvalue weighted by atomic mass is 9.84. The highest BCUT2D eigenvalue weighted by molar-refractivity contribution is 5.95. The van der Waals surface area contributed by atoms with E-state index in [0.29, 0.717) is 30.5 Å². The second-order valence-electron chi connectivity index (χ2n) is 9.55. The fourth-order valence-electron chi connectivity index (χ4n) is 5.31. The highest BCUT2D eigenvalue weighted by Gasteiger charge is 2.35. The molecule has 2 aliphatic rings. The summed E-state index contributed by atoms with van der Waals surface area (Å²) in [6.07, 6.45) is 4.15. The zero-order valence-electron chi connectivity index (χ0n) is 20.6. The van der Waals surface area contributed by atoms with E-state index in [-0.39, 0.29) is 23.9 Å². The van der Waals surface area contributed by atoms with Crippen LogP contribution in [0.15, 0.2) is 47.1 Å². The van der Waals surface area contributed by atoms with Gasteiger partial charge in [0.1, 0.15) is 5.76 Å². The van der Waals surface area contributed by atoms with E-state index < -0.39 is 0 Å². The molecule has 2 aliphatic heterocycles. The van der Waals surface area contributed by atoms with Crippen molar-refractivity contribution >= 4 is 11.8 Å². The molecule has 7 heteroatoms. The predicted molar refractivity (Wildman–Crippen MR) is 131 cm³/mol. The van der Waals surface area contributed by atoms with Crippen molar-refractivity contribution in [2.24, 2.45) is 5.92 Å². The van der Waals surface area contributed by atoms with Crippen LogP contribution < -0.4 is 0 Å². The molecule has 3 heterocycles. The summed E-state index contributed by atoms with van der Waals surface area (Å²) in [5.41, 5.74) is 1.84. The van der Waals surface area contributed by atoms with Crippen LogP contribution in [0.5, 0.6) is 0 Å². The quantitative estimate of drug-likeness (QED) is 0.626. The van der Waals surface area contributed by atoms with Gasteiger partial charge in [0.15, 0.2) is 0 Å². The van der Waals surface area contributed by atoms with Gasteiger partial charge >= 0.3 is 0 Å². The Bertz CT molecular complexity index is 946. The molecule has 2 atom stereocenters. The minimum atomic E-state index is -0.117. The Kier molecular flexibility index (Phi) is 8.06. The topological polar surface area (TPSA) is 66.2 Å². The Labute approximate surface area is 202 Å². The van der Waals surface area contributed by atoms with Crippen molar-refractivity contribution in [2.45, 2.75) is 45.2 Å².